The number of aromatic nitrogens is 1. The minimum absolute atomic E-state index is 0.139. The number of nitrogens with zero attached hydrogens (tertiary/aromatic N) is 1. The molecule has 0 fully saturated rings. The molecule has 3 rings (SSSR count). The molecule has 116 valence electrons. The van der Waals surface area contributed by atoms with Crippen LogP contribution in [-0.2, 0) is 11.3 Å². The van der Waals surface area contributed by atoms with Gasteiger partial charge in [-0.2, -0.15) is 0 Å². The van der Waals surface area contributed by atoms with Crippen molar-refractivity contribution in [2.45, 2.75) is 6.54 Å². The smallest absolute Gasteiger partial charge is 0.244 e. The van der Waals surface area contributed by atoms with Gasteiger partial charge in [0.05, 0.1) is 7.11 Å². The number of amides is 1. The summed E-state index contributed by atoms with van der Waals surface area (Å²) in [6, 6.07) is 14.6. The van der Waals surface area contributed by atoms with Crippen LogP contribution in [0.15, 0.2) is 54.7 Å². The van der Waals surface area contributed by atoms with E-state index in [1.54, 1.807) is 42.1 Å². The fourth-order valence-corrected chi connectivity index (χ4v) is 2.53. The third-order valence-electron chi connectivity index (χ3n) is 3.63. The maximum absolute atomic E-state index is 12.2. The van der Waals surface area contributed by atoms with Crippen LogP contribution in [0.3, 0.4) is 0 Å². The van der Waals surface area contributed by atoms with Crippen molar-refractivity contribution < 1.29 is 14.3 Å². The molecule has 3 aromatic rings. The van der Waals surface area contributed by atoms with Gasteiger partial charge in [0.1, 0.15) is 12.3 Å². The van der Waals surface area contributed by atoms with Gasteiger partial charge in [0.15, 0.2) is 6.29 Å². The molecule has 0 radical (unpaired) electrons. The molecule has 0 bridgehead atoms. The first-order valence-corrected chi connectivity index (χ1v) is 7.18. The number of hydrogen-bond acceptors (Lipinski definition) is 3. The highest BCUT2D eigenvalue weighted by molar-refractivity contribution is 5.99. The highest BCUT2D eigenvalue weighted by Gasteiger charge is 2.10. The molecule has 0 saturated carbocycles. The first kappa shape index (κ1) is 14.8. The molecule has 0 aliphatic carbocycles. The predicted octanol–water partition coefficient (Wildman–Crippen LogP) is 3.10. The van der Waals surface area contributed by atoms with Crippen LogP contribution in [0.1, 0.15) is 10.4 Å². The van der Waals surface area contributed by atoms with E-state index < -0.39 is 0 Å². The molecule has 0 aliphatic rings. The Morgan fingerprint density at radius 3 is 2.61 bits per heavy atom. The van der Waals surface area contributed by atoms with Crippen molar-refractivity contribution in [1.82, 2.24) is 4.57 Å². The van der Waals surface area contributed by atoms with Crippen molar-refractivity contribution in [2.75, 3.05) is 12.4 Å². The zero-order chi connectivity index (χ0) is 16.2. The number of rotatable bonds is 5. The molecule has 5 nitrogen and oxygen atoms in total. The van der Waals surface area contributed by atoms with Crippen LogP contribution in [0.2, 0.25) is 0 Å². The van der Waals surface area contributed by atoms with Gasteiger partial charge in [-0.25, -0.2) is 0 Å². The number of ether oxygens (including phenoxy) is 1. The fraction of sp³-hybridized carbons (Fsp3) is 0.111. The molecule has 1 N–H and O–H groups in total. The summed E-state index contributed by atoms with van der Waals surface area (Å²) in [4.78, 5) is 23.4. The van der Waals surface area contributed by atoms with Gasteiger partial charge in [0.2, 0.25) is 5.91 Å². The third kappa shape index (κ3) is 3.08. The van der Waals surface area contributed by atoms with E-state index in [2.05, 4.69) is 5.32 Å². The zero-order valence-electron chi connectivity index (χ0n) is 12.7. The van der Waals surface area contributed by atoms with Crippen molar-refractivity contribution in [2.24, 2.45) is 0 Å². The number of carbonyl (C=O) groups is 2. The summed E-state index contributed by atoms with van der Waals surface area (Å²) in [7, 11) is 1.59. The van der Waals surface area contributed by atoms with Gasteiger partial charge in [-0.1, -0.05) is 18.2 Å². The van der Waals surface area contributed by atoms with Crippen molar-refractivity contribution in [1.29, 1.82) is 0 Å². The second kappa shape index (κ2) is 6.36. The maximum Gasteiger partial charge on any atom is 0.244 e. The Labute approximate surface area is 133 Å². The molecular formula is C18H16N2O3. The Kier molecular flexibility index (Phi) is 4.10. The molecule has 1 heterocycles. The number of benzene rings is 2. The molecule has 23 heavy (non-hydrogen) atoms. The summed E-state index contributed by atoms with van der Waals surface area (Å²) in [5.41, 5.74) is 2.14. The van der Waals surface area contributed by atoms with Gasteiger partial charge < -0.3 is 14.6 Å². The van der Waals surface area contributed by atoms with E-state index >= 15 is 0 Å². The van der Waals surface area contributed by atoms with E-state index in [0.29, 0.717) is 11.3 Å². The SMILES string of the molecule is COc1ccc(NC(=O)Cn2cc(C=O)c3ccccc32)cc1. The topological polar surface area (TPSA) is 60.3 Å². The van der Waals surface area contributed by atoms with E-state index in [9.17, 15) is 9.59 Å². The molecular weight excluding hydrogens is 292 g/mol. The third-order valence-corrected chi connectivity index (χ3v) is 3.63. The zero-order valence-corrected chi connectivity index (χ0v) is 12.7. The monoisotopic (exact) mass is 308 g/mol. The largest absolute Gasteiger partial charge is 0.497 e. The fourth-order valence-electron chi connectivity index (χ4n) is 2.53. The number of fused-ring (bicyclic) bond motifs is 1. The minimum Gasteiger partial charge on any atom is -0.497 e. The molecule has 0 aliphatic heterocycles. The van der Waals surface area contributed by atoms with Crippen LogP contribution < -0.4 is 10.1 Å². The Hall–Kier alpha value is -3.08. The summed E-state index contributed by atoms with van der Waals surface area (Å²) in [5, 5.41) is 3.68. The first-order chi connectivity index (χ1) is 11.2. The second-order valence-electron chi connectivity index (χ2n) is 5.12. The predicted molar refractivity (Wildman–Crippen MR) is 88.9 cm³/mol. The lowest BCUT2D eigenvalue weighted by Gasteiger charge is -2.08. The first-order valence-electron chi connectivity index (χ1n) is 7.18. The molecule has 1 aromatic heterocycles. The average molecular weight is 308 g/mol. The lowest BCUT2D eigenvalue weighted by Crippen LogP contribution is -2.18. The minimum atomic E-state index is -0.159. The van der Waals surface area contributed by atoms with Crippen LogP contribution in [0.5, 0.6) is 5.75 Å². The molecule has 0 unspecified atom stereocenters. The van der Waals surface area contributed by atoms with Gasteiger partial charge in [0.25, 0.3) is 0 Å². The van der Waals surface area contributed by atoms with E-state index in [1.807, 2.05) is 24.3 Å². The Bertz CT molecular complexity index is 850. The van der Waals surface area contributed by atoms with Gasteiger partial charge in [0, 0.05) is 28.4 Å². The van der Waals surface area contributed by atoms with Crippen LogP contribution in [0.4, 0.5) is 5.69 Å². The summed E-state index contributed by atoms with van der Waals surface area (Å²) in [6.07, 6.45) is 2.51. The number of methoxy groups -OCH3 is 1. The van der Waals surface area contributed by atoms with Gasteiger partial charge in [-0.05, 0) is 30.3 Å². The van der Waals surface area contributed by atoms with E-state index in [0.717, 1.165) is 22.9 Å². The number of anilines is 1. The van der Waals surface area contributed by atoms with Crippen LogP contribution in [-0.4, -0.2) is 23.9 Å². The Morgan fingerprint density at radius 1 is 1.17 bits per heavy atom. The van der Waals surface area contributed by atoms with Crippen LogP contribution in [0, 0.1) is 0 Å². The van der Waals surface area contributed by atoms with E-state index in [4.69, 9.17) is 4.74 Å². The highest BCUT2D eigenvalue weighted by atomic mass is 16.5. The summed E-state index contributed by atoms with van der Waals surface area (Å²) >= 11 is 0. The quantitative estimate of drug-likeness (QED) is 0.737. The highest BCUT2D eigenvalue weighted by Crippen LogP contribution is 2.20. The molecule has 5 heteroatoms. The molecule has 2 aromatic carbocycles. The summed E-state index contributed by atoms with van der Waals surface area (Å²) in [5.74, 6) is 0.573. The van der Waals surface area contributed by atoms with Crippen molar-refractivity contribution in [3.8, 4) is 5.75 Å². The maximum atomic E-state index is 12.2. The number of nitrogens with one attached hydrogen (secondary N) is 1. The lowest BCUT2D eigenvalue weighted by atomic mass is 10.2. The Balaban J connectivity index is 1.78. The number of carbonyl (C=O) groups excluding carboxylic acids is 2. The van der Waals surface area contributed by atoms with Crippen LogP contribution >= 0.6 is 0 Å². The van der Waals surface area contributed by atoms with E-state index in [1.165, 1.54) is 0 Å². The van der Waals surface area contributed by atoms with Gasteiger partial charge in [-0.3, -0.25) is 9.59 Å². The van der Waals surface area contributed by atoms with Crippen LogP contribution in [0.25, 0.3) is 10.9 Å². The van der Waals surface area contributed by atoms with Gasteiger partial charge in [-0.15, -0.1) is 0 Å². The second-order valence-corrected chi connectivity index (χ2v) is 5.12. The number of aldehydes is 1. The number of para-hydroxylation sites is 1. The normalized spacial score (nSPS) is 10.5. The lowest BCUT2D eigenvalue weighted by molar-refractivity contribution is -0.116. The van der Waals surface area contributed by atoms with Crippen molar-refractivity contribution >= 4 is 28.8 Å². The molecule has 0 atom stereocenters. The average Bonchev–Trinajstić information content (AvgIpc) is 2.93. The molecule has 0 saturated heterocycles. The number of hydrogen-bond donors (Lipinski definition) is 1. The standard InChI is InChI=1S/C18H16N2O3/c1-23-15-8-6-14(7-9-15)19-18(22)11-20-10-13(12-21)16-4-2-3-5-17(16)20/h2-10,12H,11H2,1H3,(H,19,22). The summed E-state index contributed by atoms with van der Waals surface area (Å²) < 4.78 is 6.86. The molecule has 1 amide bonds. The molecule has 0 spiro atoms. The van der Waals surface area contributed by atoms with E-state index in [-0.39, 0.29) is 12.5 Å². The Morgan fingerprint density at radius 2 is 1.91 bits per heavy atom. The summed E-state index contributed by atoms with van der Waals surface area (Å²) in [6.45, 7) is 0.139. The van der Waals surface area contributed by atoms with Crippen molar-refractivity contribution in [3.05, 3.63) is 60.3 Å². The van der Waals surface area contributed by atoms with Crippen molar-refractivity contribution in [3.63, 3.8) is 0 Å². The van der Waals surface area contributed by atoms with Gasteiger partial charge >= 0.3 is 0 Å².